The molecule has 0 saturated heterocycles. The minimum atomic E-state index is -3.46. The number of rotatable bonds is 6. The summed E-state index contributed by atoms with van der Waals surface area (Å²) in [5.74, 6) is 0.579. The number of nitrogens with two attached hydrogens (primary N) is 1. The third-order valence-electron chi connectivity index (χ3n) is 3.68. The van der Waals surface area contributed by atoms with Crippen LogP contribution in [-0.4, -0.2) is 20.3 Å². The fourth-order valence-electron chi connectivity index (χ4n) is 2.89. The summed E-state index contributed by atoms with van der Waals surface area (Å²) >= 11 is 0. The van der Waals surface area contributed by atoms with Crippen molar-refractivity contribution in [1.29, 1.82) is 0 Å². The number of benzene rings is 1. The highest BCUT2D eigenvalue weighted by Crippen LogP contribution is 2.52. The molecule has 0 aliphatic heterocycles. The normalized spacial score (nSPS) is 14.8. The quantitative estimate of drug-likeness (QED) is 0.645. The van der Waals surface area contributed by atoms with E-state index in [1.54, 1.807) is 21.0 Å². The van der Waals surface area contributed by atoms with Crippen LogP contribution >= 0.6 is 7.60 Å². The molecule has 0 saturated carbocycles. The third-order valence-corrected chi connectivity index (χ3v) is 5.88. The lowest BCUT2D eigenvalue weighted by Gasteiger charge is -2.26. The summed E-state index contributed by atoms with van der Waals surface area (Å²) in [7, 11) is -1.88. The van der Waals surface area contributed by atoms with Crippen molar-refractivity contribution in [2.24, 2.45) is 0 Å². The van der Waals surface area contributed by atoms with Gasteiger partial charge in [-0.2, -0.15) is 0 Å². The predicted octanol–water partition coefficient (Wildman–Crippen LogP) is 3.05. The van der Waals surface area contributed by atoms with Gasteiger partial charge in [0.05, 0.1) is 26.0 Å². The Labute approximate surface area is 126 Å². The Balaban J connectivity index is 2.63. The highest BCUT2D eigenvalue weighted by molar-refractivity contribution is 7.62. The van der Waals surface area contributed by atoms with Crippen molar-refractivity contribution in [2.45, 2.75) is 39.5 Å². The topological polar surface area (TPSA) is 70.8 Å². The molecular formula is C15H24NO4P. The van der Waals surface area contributed by atoms with Gasteiger partial charge in [-0.3, -0.25) is 4.57 Å². The van der Waals surface area contributed by atoms with Crippen LogP contribution in [-0.2, 0) is 26.5 Å². The number of nitrogen functional groups attached to an aromatic ring is 1. The fourth-order valence-corrected chi connectivity index (χ4v) is 4.75. The van der Waals surface area contributed by atoms with Crippen molar-refractivity contribution in [1.82, 2.24) is 0 Å². The molecule has 0 atom stereocenters. The lowest BCUT2D eigenvalue weighted by molar-refractivity contribution is 0.229. The van der Waals surface area contributed by atoms with Gasteiger partial charge in [0.1, 0.15) is 11.1 Å². The summed E-state index contributed by atoms with van der Waals surface area (Å²) in [6.45, 7) is 4.15. The zero-order chi connectivity index (χ0) is 15.5. The second kappa shape index (κ2) is 6.82. The summed E-state index contributed by atoms with van der Waals surface area (Å²) in [4.78, 5) is 0. The standard InChI is InChI=1S/C15H24NO4P/c1-4-19-21(17,20-5-2)15-13(16)10-11-8-6-7-9-12(11)14(15)18-3/h10H,4-9,16H2,1-3H3. The number of hydrogen-bond donors (Lipinski definition) is 1. The summed E-state index contributed by atoms with van der Waals surface area (Å²) in [5.41, 5.74) is 8.85. The van der Waals surface area contributed by atoms with Crippen molar-refractivity contribution in [3.8, 4) is 5.75 Å². The van der Waals surface area contributed by atoms with Crippen molar-refractivity contribution < 1.29 is 18.3 Å². The minimum Gasteiger partial charge on any atom is -0.495 e. The van der Waals surface area contributed by atoms with E-state index in [9.17, 15) is 4.57 Å². The largest absolute Gasteiger partial charge is 0.495 e. The molecule has 6 heteroatoms. The molecule has 118 valence electrons. The molecule has 0 bridgehead atoms. The Morgan fingerprint density at radius 2 is 1.81 bits per heavy atom. The van der Waals surface area contributed by atoms with E-state index in [1.807, 2.05) is 6.07 Å². The second-order valence-electron chi connectivity index (χ2n) is 5.03. The Kier molecular flexibility index (Phi) is 5.31. The molecule has 1 aromatic carbocycles. The van der Waals surface area contributed by atoms with Crippen LogP contribution in [0.25, 0.3) is 0 Å². The Morgan fingerprint density at radius 3 is 2.38 bits per heavy atom. The molecule has 2 N–H and O–H groups in total. The van der Waals surface area contributed by atoms with Crippen LogP contribution in [0.1, 0.15) is 37.8 Å². The van der Waals surface area contributed by atoms with Gasteiger partial charge in [-0.05, 0) is 56.7 Å². The second-order valence-corrected chi connectivity index (χ2v) is 6.98. The Hall–Kier alpha value is -1.03. The highest BCUT2D eigenvalue weighted by atomic mass is 31.2. The van der Waals surface area contributed by atoms with Gasteiger partial charge in [0.2, 0.25) is 0 Å². The smallest absolute Gasteiger partial charge is 0.367 e. The molecule has 1 aliphatic rings. The molecule has 0 heterocycles. The number of ether oxygens (including phenoxy) is 1. The summed E-state index contributed by atoms with van der Waals surface area (Å²) in [6.07, 6.45) is 4.12. The van der Waals surface area contributed by atoms with Gasteiger partial charge in [0.25, 0.3) is 0 Å². The van der Waals surface area contributed by atoms with Crippen molar-refractivity contribution >= 4 is 18.6 Å². The van der Waals surface area contributed by atoms with E-state index in [0.717, 1.165) is 31.2 Å². The van der Waals surface area contributed by atoms with Crippen molar-refractivity contribution in [2.75, 3.05) is 26.1 Å². The number of fused-ring (bicyclic) bond motifs is 1. The molecule has 0 aromatic heterocycles. The number of anilines is 1. The first-order valence-corrected chi connectivity index (χ1v) is 8.99. The fraction of sp³-hybridized carbons (Fsp3) is 0.600. The maximum Gasteiger partial charge on any atom is 0.367 e. The van der Waals surface area contributed by atoms with E-state index in [0.29, 0.717) is 16.7 Å². The van der Waals surface area contributed by atoms with Gasteiger partial charge in [0, 0.05) is 0 Å². The predicted molar refractivity (Wildman–Crippen MR) is 84.5 cm³/mol. The lowest BCUT2D eigenvalue weighted by Crippen LogP contribution is -2.21. The van der Waals surface area contributed by atoms with Crippen LogP contribution in [0.4, 0.5) is 5.69 Å². The maximum atomic E-state index is 13.1. The van der Waals surface area contributed by atoms with E-state index in [4.69, 9.17) is 19.5 Å². The molecule has 0 fully saturated rings. The van der Waals surface area contributed by atoms with Crippen LogP contribution in [0.2, 0.25) is 0 Å². The number of aryl methyl sites for hydroxylation is 1. The van der Waals surface area contributed by atoms with Crippen molar-refractivity contribution in [3.05, 3.63) is 17.2 Å². The lowest BCUT2D eigenvalue weighted by atomic mass is 9.90. The molecular weight excluding hydrogens is 289 g/mol. The van der Waals surface area contributed by atoms with Crippen LogP contribution in [0.5, 0.6) is 5.75 Å². The summed E-state index contributed by atoms with van der Waals surface area (Å²) in [5, 5.41) is 0.384. The van der Waals surface area contributed by atoms with Crippen LogP contribution in [0.15, 0.2) is 6.07 Å². The van der Waals surface area contributed by atoms with Gasteiger partial charge in [-0.25, -0.2) is 0 Å². The first-order valence-electron chi connectivity index (χ1n) is 7.45. The van der Waals surface area contributed by atoms with E-state index in [-0.39, 0.29) is 13.2 Å². The SMILES string of the molecule is CCOP(=O)(OCC)c1c(N)cc2c(c1OC)CCCC2. The van der Waals surface area contributed by atoms with Gasteiger partial charge in [-0.15, -0.1) is 0 Å². The van der Waals surface area contributed by atoms with Gasteiger partial charge in [0.15, 0.2) is 0 Å². The van der Waals surface area contributed by atoms with Crippen LogP contribution in [0.3, 0.4) is 0 Å². The summed E-state index contributed by atoms with van der Waals surface area (Å²) in [6, 6.07) is 1.90. The van der Waals surface area contributed by atoms with E-state index < -0.39 is 7.60 Å². The summed E-state index contributed by atoms with van der Waals surface area (Å²) < 4.78 is 29.5. The van der Waals surface area contributed by atoms with E-state index >= 15 is 0 Å². The molecule has 1 aliphatic carbocycles. The van der Waals surface area contributed by atoms with E-state index in [1.165, 1.54) is 5.56 Å². The number of hydrogen-bond acceptors (Lipinski definition) is 5. The average Bonchev–Trinajstić information content (AvgIpc) is 2.46. The zero-order valence-corrected chi connectivity index (χ0v) is 13.9. The van der Waals surface area contributed by atoms with Crippen LogP contribution in [0, 0.1) is 0 Å². The molecule has 0 unspecified atom stereocenters. The first-order chi connectivity index (χ1) is 10.1. The van der Waals surface area contributed by atoms with Gasteiger partial charge < -0.3 is 19.5 Å². The average molecular weight is 313 g/mol. The molecule has 0 spiro atoms. The molecule has 0 radical (unpaired) electrons. The highest BCUT2D eigenvalue weighted by Gasteiger charge is 2.35. The minimum absolute atomic E-state index is 0.289. The van der Waals surface area contributed by atoms with Gasteiger partial charge in [-0.1, -0.05) is 0 Å². The molecule has 0 amide bonds. The van der Waals surface area contributed by atoms with Crippen molar-refractivity contribution in [3.63, 3.8) is 0 Å². The Morgan fingerprint density at radius 1 is 1.19 bits per heavy atom. The first kappa shape index (κ1) is 16.3. The Bertz CT molecular complexity index is 549. The monoisotopic (exact) mass is 313 g/mol. The van der Waals surface area contributed by atoms with Crippen LogP contribution < -0.4 is 15.8 Å². The third kappa shape index (κ3) is 3.10. The number of methoxy groups -OCH3 is 1. The molecule has 1 aromatic rings. The van der Waals surface area contributed by atoms with Gasteiger partial charge >= 0.3 is 7.60 Å². The molecule has 21 heavy (non-hydrogen) atoms. The molecule has 2 rings (SSSR count). The zero-order valence-electron chi connectivity index (χ0n) is 13.0. The van der Waals surface area contributed by atoms with E-state index in [2.05, 4.69) is 0 Å². The molecule has 5 nitrogen and oxygen atoms in total. The maximum absolute atomic E-state index is 13.1.